The van der Waals surface area contributed by atoms with Gasteiger partial charge < -0.3 is 24.3 Å². The van der Waals surface area contributed by atoms with E-state index in [4.69, 9.17) is 14.5 Å². The standard InChI is InChI=1S/C41H44N6O4/c1-26-31(6-5-7-35(26)47-20-21-50-36-22-30(28-12-13-28)14-15-32(36)39(47)48)37-33-23-34(44-38(33)43-25-42-37)29-10-8-27(9-11-29)24-45-16-18-46(19-17-45)40(49)51-41(2,3)4/h5-11,14-15,22-23,25,28H,12-13,16-21,24H2,1-4H3,(H,42,43,44). The highest BCUT2D eigenvalue weighted by molar-refractivity contribution is 6.09. The van der Waals surface area contributed by atoms with Gasteiger partial charge in [0, 0.05) is 55.1 Å². The average Bonchev–Trinajstić information content (AvgIpc) is 3.90. The highest BCUT2D eigenvalue weighted by atomic mass is 16.6. The van der Waals surface area contributed by atoms with Gasteiger partial charge in [0.05, 0.1) is 17.8 Å². The van der Waals surface area contributed by atoms with Crippen molar-refractivity contribution in [2.75, 3.05) is 44.2 Å². The van der Waals surface area contributed by atoms with Crippen LogP contribution in [-0.2, 0) is 11.3 Å². The fraction of sp³-hybridized carbons (Fsp3) is 0.366. The van der Waals surface area contributed by atoms with Crippen molar-refractivity contribution in [3.05, 3.63) is 95.3 Å². The van der Waals surface area contributed by atoms with Gasteiger partial charge in [-0.1, -0.05) is 42.5 Å². The Bertz CT molecular complexity index is 2110. The number of hydrogen-bond donors (Lipinski definition) is 1. The summed E-state index contributed by atoms with van der Waals surface area (Å²) in [5, 5.41) is 0.920. The fourth-order valence-electron chi connectivity index (χ4n) is 7.17. The number of amides is 2. The van der Waals surface area contributed by atoms with E-state index >= 15 is 0 Å². The van der Waals surface area contributed by atoms with Crippen LogP contribution in [0, 0.1) is 6.92 Å². The van der Waals surface area contributed by atoms with Gasteiger partial charge in [0.25, 0.3) is 5.91 Å². The van der Waals surface area contributed by atoms with Gasteiger partial charge in [-0.25, -0.2) is 14.8 Å². The Hall–Kier alpha value is -5.22. The first-order valence-electron chi connectivity index (χ1n) is 17.9. The molecule has 2 aliphatic heterocycles. The van der Waals surface area contributed by atoms with E-state index in [9.17, 15) is 9.59 Å². The van der Waals surface area contributed by atoms with E-state index in [-0.39, 0.29) is 12.0 Å². The summed E-state index contributed by atoms with van der Waals surface area (Å²) in [5.74, 6) is 1.23. The monoisotopic (exact) mass is 684 g/mol. The number of H-pyrrole nitrogens is 1. The molecule has 3 aliphatic rings. The number of carbonyl (C=O) groups excluding carboxylic acids is 2. The van der Waals surface area contributed by atoms with E-state index in [1.165, 1.54) is 24.0 Å². The molecule has 0 unspecified atom stereocenters. The number of carbonyl (C=O) groups is 2. The minimum Gasteiger partial charge on any atom is -0.491 e. The van der Waals surface area contributed by atoms with E-state index in [1.807, 2.05) is 43.9 Å². The summed E-state index contributed by atoms with van der Waals surface area (Å²) in [5.41, 5.74) is 8.96. The number of nitrogens with one attached hydrogen (secondary N) is 1. The maximum Gasteiger partial charge on any atom is 0.410 e. The number of aromatic amines is 1. The molecule has 1 N–H and O–H groups in total. The number of anilines is 1. The van der Waals surface area contributed by atoms with Crippen molar-refractivity contribution in [3.63, 3.8) is 0 Å². The first-order valence-corrected chi connectivity index (χ1v) is 17.9. The molecule has 10 nitrogen and oxygen atoms in total. The molecular weight excluding hydrogens is 640 g/mol. The lowest BCUT2D eigenvalue weighted by molar-refractivity contribution is 0.0139. The number of rotatable bonds is 6. The van der Waals surface area contributed by atoms with Crippen molar-refractivity contribution in [1.29, 1.82) is 0 Å². The Morgan fingerprint density at radius 1 is 0.941 bits per heavy atom. The van der Waals surface area contributed by atoms with Crippen LogP contribution in [-0.4, -0.2) is 81.7 Å². The van der Waals surface area contributed by atoms with Crippen LogP contribution in [0.4, 0.5) is 10.5 Å². The summed E-state index contributed by atoms with van der Waals surface area (Å²) in [7, 11) is 0. The molecule has 51 heavy (non-hydrogen) atoms. The number of piperazine rings is 1. The summed E-state index contributed by atoms with van der Waals surface area (Å²) in [4.78, 5) is 45.2. The predicted octanol–water partition coefficient (Wildman–Crippen LogP) is 7.57. The molecule has 3 aromatic carbocycles. The third-order valence-corrected chi connectivity index (χ3v) is 10.1. The van der Waals surface area contributed by atoms with Gasteiger partial charge in [0.2, 0.25) is 0 Å². The molecule has 4 heterocycles. The molecule has 10 heteroatoms. The zero-order valence-corrected chi connectivity index (χ0v) is 29.7. The lowest BCUT2D eigenvalue weighted by atomic mass is 10.00. The molecule has 0 radical (unpaired) electrons. The molecule has 262 valence electrons. The maximum atomic E-state index is 13.9. The van der Waals surface area contributed by atoms with Crippen molar-refractivity contribution < 1.29 is 19.1 Å². The Morgan fingerprint density at radius 3 is 2.47 bits per heavy atom. The van der Waals surface area contributed by atoms with Crippen molar-refractivity contribution in [3.8, 4) is 28.3 Å². The second-order valence-corrected chi connectivity index (χ2v) is 14.9. The molecule has 8 rings (SSSR count). The molecule has 1 saturated heterocycles. The minimum atomic E-state index is -0.489. The minimum absolute atomic E-state index is 0.0478. The number of aromatic nitrogens is 3. The van der Waals surface area contributed by atoms with E-state index in [1.54, 1.807) is 11.2 Å². The van der Waals surface area contributed by atoms with Crippen LogP contribution in [0.1, 0.15) is 66.6 Å². The largest absolute Gasteiger partial charge is 0.491 e. The summed E-state index contributed by atoms with van der Waals surface area (Å²) in [6.07, 6.45) is 3.76. The molecule has 0 spiro atoms. The number of nitrogens with zero attached hydrogens (tertiary/aromatic N) is 5. The topological polar surface area (TPSA) is 104 Å². The molecule has 0 bridgehead atoms. The maximum absolute atomic E-state index is 13.9. The van der Waals surface area contributed by atoms with Crippen molar-refractivity contribution in [2.24, 2.45) is 0 Å². The van der Waals surface area contributed by atoms with Gasteiger partial charge in [-0.3, -0.25) is 9.69 Å². The summed E-state index contributed by atoms with van der Waals surface area (Å²) >= 11 is 0. The van der Waals surface area contributed by atoms with Crippen LogP contribution < -0.4 is 9.64 Å². The first-order chi connectivity index (χ1) is 24.6. The summed E-state index contributed by atoms with van der Waals surface area (Å²) in [6, 6.07) is 22.8. The number of hydrogen-bond acceptors (Lipinski definition) is 7. The zero-order chi connectivity index (χ0) is 35.3. The van der Waals surface area contributed by atoms with E-state index in [0.717, 1.165) is 64.4 Å². The van der Waals surface area contributed by atoms with Gasteiger partial charge in [-0.15, -0.1) is 0 Å². The van der Waals surface area contributed by atoms with Gasteiger partial charge in [0.15, 0.2) is 0 Å². The zero-order valence-electron chi connectivity index (χ0n) is 29.7. The number of fused-ring (bicyclic) bond motifs is 2. The number of ether oxygens (including phenoxy) is 2. The lowest BCUT2D eigenvalue weighted by Gasteiger charge is -2.35. The van der Waals surface area contributed by atoms with Gasteiger partial charge >= 0.3 is 6.09 Å². The highest BCUT2D eigenvalue weighted by Gasteiger charge is 2.30. The third kappa shape index (κ3) is 6.80. The quantitative estimate of drug-likeness (QED) is 0.197. The summed E-state index contributed by atoms with van der Waals surface area (Å²) < 4.78 is 11.7. The molecule has 1 saturated carbocycles. The Kier molecular flexibility index (Phi) is 8.50. The second-order valence-electron chi connectivity index (χ2n) is 14.9. The molecular formula is C41H44N6O4. The van der Waals surface area contributed by atoms with Gasteiger partial charge in [-0.05, 0) is 93.0 Å². The summed E-state index contributed by atoms with van der Waals surface area (Å²) in [6.45, 7) is 12.4. The highest BCUT2D eigenvalue weighted by Crippen LogP contribution is 2.42. The molecule has 2 amide bonds. The third-order valence-electron chi connectivity index (χ3n) is 10.1. The smallest absolute Gasteiger partial charge is 0.410 e. The molecule has 2 aromatic heterocycles. The second kappa shape index (κ2) is 13.2. The molecule has 2 fully saturated rings. The normalized spacial score (nSPS) is 16.9. The Morgan fingerprint density at radius 2 is 1.73 bits per heavy atom. The first kappa shape index (κ1) is 33.0. The molecule has 5 aromatic rings. The van der Waals surface area contributed by atoms with Crippen molar-refractivity contribution >= 4 is 28.7 Å². The van der Waals surface area contributed by atoms with E-state index in [2.05, 4.69) is 70.3 Å². The van der Waals surface area contributed by atoms with E-state index in [0.29, 0.717) is 43.5 Å². The van der Waals surface area contributed by atoms with Crippen LogP contribution >= 0.6 is 0 Å². The van der Waals surface area contributed by atoms with Crippen molar-refractivity contribution in [1.82, 2.24) is 24.8 Å². The van der Waals surface area contributed by atoms with Gasteiger partial charge in [0.1, 0.15) is 29.9 Å². The van der Waals surface area contributed by atoms with Crippen LogP contribution in [0.15, 0.2) is 73.1 Å². The predicted molar refractivity (Wildman–Crippen MR) is 198 cm³/mol. The molecule has 1 aliphatic carbocycles. The SMILES string of the molecule is Cc1c(-c2ncnc3[nH]c(-c4ccc(CN5CCN(C(=O)OC(C)(C)C)CC5)cc4)cc23)cccc1N1CCOc2cc(C3CC3)ccc2C1=O. The lowest BCUT2D eigenvalue weighted by Crippen LogP contribution is -2.49. The van der Waals surface area contributed by atoms with Gasteiger partial charge in [-0.2, -0.15) is 0 Å². The Labute approximate surface area is 298 Å². The van der Waals surface area contributed by atoms with Crippen LogP contribution in [0.3, 0.4) is 0 Å². The van der Waals surface area contributed by atoms with Crippen LogP contribution in [0.2, 0.25) is 0 Å². The van der Waals surface area contributed by atoms with Crippen molar-refractivity contribution in [2.45, 2.75) is 58.6 Å². The fourth-order valence-corrected chi connectivity index (χ4v) is 7.17. The van der Waals surface area contributed by atoms with Crippen LogP contribution in [0.25, 0.3) is 33.5 Å². The van der Waals surface area contributed by atoms with Crippen LogP contribution in [0.5, 0.6) is 5.75 Å². The number of benzene rings is 3. The molecule has 0 atom stereocenters. The Balaban J connectivity index is 0.993. The average molecular weight is 685 g/mol. The van der Waals surface area contributed by atoms with E-state index < -0.39 is 5.60 Å².